The van der Waals surface area contributed by atoms with E-state index in [0.717, 1.165) is 25.3 Å². The third-order valence-corrected chi connectivity index (χ3v) is 2.11. The van der Waals surface area contributed by atoms with Crippen LogP contribution in [0.4, 0.5) is 0 Å². The van der Waals surface area contributed by atoms with Crippen molar-refractivity contribution in [3.05, 3.63) is 12.3 Å². The molecule has 1 rings (SSSR count). The van der Waals surface area contributed by atoms with Crippen LogP contribution in [0.2, 0.25) is 0 Å². The van der Waals surface area contributed by atoms with Gasteiger partial charge in [-0.15, -0.1) is 0 Å². The molecule has 0 saturated carbocycles. The van der Waals surface area contributed by atoms with Crippen LogP contribution in [0.3, 0.4) is 0 Å². The fourth-order valence-electron chi connectivity index (χ4n) is 1.50. The summed E-state index contributed by atoms with van der Waals surface area (Å²) in [5, 5.41) is 3.25. The van der Waals surface area contributed by atoms with Gasteiger partial charge in [-0.2, -0.15) is 0 Å². The van der Waals surface area contributed by atoms with E-state index in [0.29, 0.717) is 6.04 Å². The average Bonchev–Trinajstić information content (AvgIpc) is 2.34. The molecule has 1 fully saturated rings. The average molecular weight is 155 g/mol. The highest BCUT2D eigenvalue weighted by Gasteiger charge is 2.20. The molecular formula is C8H17N3. The first-order valence-electron chi connectivity index (χ1n) is 4.05. The van der Waals surface area contributed by atoms with Gasteiger partial charge in [-0.3, -0.25) is 4.90 Å². The van der Waals surface area contributed by atoms with Crippen molar-refractivity contribution in [3.63, 3.8) is 0 Å². The van der Waals surface area contributed by atoms with Gasteiger partial charge in [0.2, 0.25) is 0 Å². The van der Waals surface area contributed by atoms with Gasteiger partial charge in [0.25, 0.3) is 0 Å². The van der Waals surface area contributed by atoms with E-state index < -0.39 is 0 Å². The van der Waals surface area contributed by atoms with Crippen LogP contribution in [0.15, 0.2) is 12.3 Å². The van der Waals surface area contributed by atoms with E-state index in [1.807, 2.05) is 7.05 Å². The van der Waals surface area contributed by atoms with Gasteiger partial charge in [-0.05, 0) is 13.5 Å². The van der Waals surface area contributed by atoms with Crippen LogP contribution >= 0.6 is 0 Å². The molecule has 0 bridgehead atoms. The number of hydrogen-bond donors (Lipinski definition) is 2. The lowest BCUT2D eigenvalue weighted by molar-refractivity contribution is 0.357. The molecule has 0 spiro atoms. The van der Waals surface area contributed by atoms with E-state index in [1.54, 1.807) is 0 Å². The first kappa shape index (κ1) is 8.56. The first-order chi connectivity index (χ1) is 5.22. The molecule has 11 heavy (non-hydrogen) atoms. The number of nitrogens with two attached hydrogens (primary N) is 1. The minimum atomic E-state index is 0.648. The second-order valence-corrected chi connectivity index (χ2v) is 3.17. The lowest BCUT2D eigenvalue weighted by Gasteiger charge is -2.14. The third-order valence-electron chi connectivity index (χ3n) is 2.11. The fraction of sp³-hybridized carbons (Fsp3) is 0.750. The second-order valence-electron chi connectivity index (χ2n) is 3.17. The maximum atomic E-state index is 5.50. The Morgan fingerprint density at radius 1 is 1.82 bits per heavy atom. The molecule has 1 aliphatic heterocycles. The largest absolute Gasteiger partial charge is 0.401 e. The maximum Gasteiger partial charge on any atom is 0.0374 e. The number of hydrogen-bond acceptors (Lipinski definition) is 3. The monoisotopic (exact) mass is 155 g/mol. The predicted octanol–water partition coefficient (Wildman–Crippen LogP) is -0.247. The Morgan fingerprint density at radius 2 is 2.55 bits per heavy atom. The van der Waals surface area contributed by atoms with E-state index in [2.05, 4.69) is 16.8 Å². The molecule has 1 saturated heterocycles. The Balaban J connectivity index is 2.24. The maximum absolute atomic E-state index is 5.50. The second kappa shape index (κ2) is 3.74. The molecule has 0 radical (unpaired) electrons. The lowest BCUT2D eigenvalue weighted by Crippen LogP contribution is -2.31. The fourth-order valence-corrected chi connectivity index (χ4v) is 1.50. The van der Waals surface area contributed by atoms with Gasteiger partial charge in [-0.1, -0.05) is 6.58 Å². The zero-order valence-corrected chi connectivity index (χ0v) is 7.14. The summed E-state index contributed by atoms with van der Waals surface area (Å²) < 4.78 is 0. The van der Waals surface area contributed by atoms with Gasteiger partial charge >= 0.3 is 0 Å². The lowest BCUT2D eigenvalue weighted by atomic mass is 10.3. The normalized spacial score (nSPS) is 25.7. The van der Waals surface area contributed by atoms with E-state index in [-0.39, 0.29) is 0 Å². The van der Waals surface area contributed by atoms with E-state index in [9.17, 15) is 0 Å². The van der Waals surface area contributed by atoms with E-state index in [1.165, 1.54) is 6.42 Å². The summed E-state index contributed by atoms with van der Waals surface area (Å²) in [4.78, 5) is 2.32. The highest BCUT2D eigenvalue weighted by Crippen LogP contribution is 2.08. The van der Waals surface area contributed by atoms with Crippen molar-refractivity contribution in [3.8, 4) is 0 Å². The van der Waals surface area contributed by atoms with Crippen molar-refractivity contribution in [2.24, 2.45) is 5.73 Å². The molecule has 0 amide bonds. The van der Waals surface area contributed by atoms with Crippen LogP contribution in [0.25, 0.3) is 0 Å². The molecule has 64 valence electrons. The highest BCUT2D eigenvalue weighted by atomic mass is 15.2. The number of likely N-dealkylation sites (N-methyl/N-ethyl adjacent to an activating group) is 1. The van der Waals surface area contributed by atoms with Crippen LogP contribution in [-0.2, 0) is 0 Å². The summed E-state index contributed by atoms with van der Waals surface area (Å²) in [6.07, 6.45) is 1.23. The van der Waals surface area contributed by atoms with Crippen molar-refractivity contribution in [2.75, 3.05) is 26.7 Å². The molecule has 1 heterocycles. The van der Waals surface area contributed by atoms with Gasteiger partial charge in [0.15, 0.2) is 0 Å². The Kier molecular flexibility index (Phi) is 2.91. The van der Waals surface area contributed by atoms with Gasteiger partial charge < -0.3 is 11.1 Å². The van der Waals surface area contributed by atoms with E-state index >= 15 is 0 Å². The summed E-state index contributed by atoms with van der Waals surface area (Å²) in [7, 11) is 2.01. The quantitative estimate of drug-likeness (QED) is 0.590. The minimum Gasteiger partial charge on any atom is -0.401 e. The van der Waals surface area contributed by atoms with Crippen LogP contribution < -0.4 is 11.1 Å². The summed E-state index contributed by atoms with van der Waals surface area (Å²) in [5.74, 6) is 0. The molecule has 0 aliphatic carbocycles. The molecule has 3 nitrogen and oxygen atoms in total. The summed E-state index contributed by atoms with van der Waals surface area (Å²) >= 11 is 0. The molecule has 0 aromatic rings. The molecule has 3 heteroatoms. The van der Waals surface area contributed by atoms with Crippen molar-refractivity contribution in [2.45, 2.75) is 12.5 Å². The van der Waals surface area contributed by atoms with Crippen LogP contribution in [0.1, 0.15) is 6.42 Å². The topological polar surface area (TPSA) is 41.3 Å². The van der Waals surface area contributed by atoms with Crippen molar-refractivity contribution in [1.29, 1.82) is 0 Å². The standard InChI is InChI=1S/C8H17N3/c1-7(9)5-11-4-3-8(6-11)10-2/h8,10H,1,3-6,9H2,2H3. The van der Waals surface area contributed by atoms with Crippen molar-refractivity contribution >= 4 is 0 Å². The van der Waals surface area contributed by atoms with E-state index in [4.69, 9.17) is 5.73 Å². The summed E-state index contributed by atoms with van der Waals surface area (Å²) in [6.45, 7) is 6.78. The number of nitrogens with zero attached hydrogens (tertiary/aromatic N) is 1. The SMILES string of the molecule is C=C(N)CN1CCC(NC)C1. The van der Waals surface area contributed by atoms with Gasteiger partial charge in [0.05, 0.1) is 0 Å². The molecule has 3 N–H and O–H groups in total. The Hall–Kier alpha value is -0.540. The molecule has 1 aliphatic rings. The number of nitrogens with one attached hydrogen (secondary N) is 1. The zero-order valence-electron chi connectivity index (χ0n) is 7.14. The van der Waals surface area contributed by atoms with Crippen molar-refractivity contribution < 1.29 is 0 Å². The van der Waals surface area contributed by atoms with Crippen LogP contribution in [0.5, 0.6) is 0 Å². The van der Waals surface area contributed by atoms with Gasteiger partial charge in [-0.25, -0.2) is 0 Å². The Bertz CT molecular complexity index is 144. The third kappa shape index (κ3) is 2.52. The smallest absolute Gasteiger partial charge is 0.0374 e. The highest BCUT2D eigenvalue weighted by molar-refractivity contribution is 4.93. The molecular weight excluding hydrogens is 138 g/mol. The molecule has 0 aromatic carbocycles. The van der Waals surface area contributed by atoms with Crippen LogP contribution in [-0.4, -0.2) is 37.6 Å². The van der Waals surface area contributed by atoms with Gasteiger partial charge in [0.1, 0.15) is 0 Å². The Labute approximate surface area is 68.2 Å². The molecule has 0 aromatic heterocycles. The van der Waals surface area contributed by atoms with Crippen molar-refractivity contribution in [1.82, 2.24) is 10.2 Å². The molecule has 1 unspecified atom stereocenters. The zero-order chi connectivity index (χ0) is 8.27. The van der Waals surface area contributed by atoms with Gasteiger partial charge in [0, 0.05) is 31.4 Å². The Morgan fingerprint density at radius 3 is 3.00 bits per heavy atom. The number of rotatable bonds is 3. The predicted molar refractivity (Wildman–Crippen MR) is 47.2 cm³/mol. The number of likely N-dealkylation sites (tertiary alicyclic amines) is 1. The van der Waals surface area contributed by atoms with Crippen LogP contribution in [0, 0.1) is 0 Å². The first-order valence-corrected chi connectivity index (χ1v) is 4.05. The molecule has 1 atom stereocenters. The summed E-state index contributed by atoms with van der Waals surface area (Å²) in [5.41, 5.74) is 6.27. The minimum absolute atomic E-state index is 0.648. The summed E-state index contributed by atoms with van der Waals surface area (Å²) in [6, 6.07) is 0.648.